The molecule has 0 aliphatic rings. The van der Waals surface area contributed by atoms with Crippen molar-refractivity contribution in [1.82, 2.24) is 4.90 Å². The van der Waals surface area contributed by atoms with Gasteiger partial charge in [-0.25, -0.2) is 0 Å². The number of hydrogen-bond acceptors (Lipinski definition) is 7. The van der Waals surface area contributed by atoms with E-state index in [4.69, 9.17) is 14.2 Å². The molecule has 0 rings (SSSR count). The van der Waals surface area contributed by atoms with Gasteiger partial charge in [0.25, 0.3) is 0 Å². The van der Waals surface area contributed by atoms with E-state index in [1.807, 2.05) is 21.0 Å². The third-order valence-electron chi connectivity index (χ3n) is 7.62. The van der Waals surface area contributed by atoms with E-state index in [2.05, 4.69) is 32.6 Å². The van der Waals surface area contributed by atoms with Crippen molar-refractivity contribution in [1.29, 1.82) is 0 Å². The summed E-state index contributed by atoms with van der Waals surface area (Å²) in [6.45, 7) is 11.8. The molecule has 0 bridgehead atoms. The van der Waals surface area contributed by atoms with Gasteiger partial charge in [0.05, 0.1) is 12.0 Å². The van der Waals surface area contributed by atoms with Crippen LogP contribution in [0.1, 0.15) is 137 Å². The second-order valence-corrected chi connectivity index (χ2v) is 12.6. The fourth-order valence-electron chi connectivity index (χ4n) is 4.85. The lowest BCUT2D eigenvalue weighted by molar-refractivity contribution is -0.168. The quantitative estimate of drug-likeness (QED) is 0.0805. The first kappa shape index (κ1) is 38.8. The fraction of sp³-hybridized carbons (Fsp3) is 0.939. The van der Waals surface area contributed by atoms with Crippen molar-refractivity contribution in [3.8, 4) is 0 Å². The van der Waals surface area contributed by atoms with Gasteiger partial charge in [0, 0.05) is 12.8 Å². The lowest BCUT2D eigenvalue weighted by Crippen LogP contribution is -2.38. The molecule has 7 nitrogen and oxygen atoms in total. The van der Waals surface area contributed by atoms with Crippen LogP contribution in [0, 0.1) is 17.3 Å². The van der Waals surface area contributed by atoms with Gasteiger partial charge in [-0.05, 0) is 71.0 Å². The molecule has 40 heavy (non-hydrogen) atoms. The zero-order chi connectivity index (χ0) is 30.2. The number of carbonyl (C=O) groups is 2. The molecule has 0 aliphatic carbocycles. The van der Waals surface area contributed by atoms with Gasteiger partial charge >= 0.3 is 11.9 Å². The number of ether oxygens (including phenoxy) is 3. The molecule has 238 valence electrons. The predicted octanol–water partition coefficient (Wildman–Crippen LogP) is 7.53. The van der Waals surface area contributed by atoms with Crippen molar-refractivity contribution >= 4 is 11.9 Å². The first-order valence-electron chi connectivity index (χ1n) is 16.3. The summed E-state index contributed by atoms with van der Waals surface area (Å²) in [7, 11) is 3.99. The lowest BCUT2D eigenvalue weighted by atomic mass is 9.92. The Morgan fingerprint density at radius 3 is 1.43 bits per heavy atom. The van der Waals surface area contributed by atoms with E-state index in [0.29, 0.717) is 31.1 Å². The van der Waals surface area contributed by atoms with Crippen LogP contribution in [0.3, 0.4) is 0 Å². The highest BCUT2D eigenvalue weighted by Gasteiger charge is 2.31. The zero-order valence-corrected chi connectivity index (χ0v) is 27.3. The van der Waals surface area contributed by atoms with E-state index >= 15 is 0 Å². The minimum atomic E-state index is -0.911. The minimum absolute atomic E-state index is 0.0902. The van der Waals surface area contributed by atoms with E-state index < -0.39 is 11.7 Å². The van der Waals surface area contributed by atoms with Gasteiger partial charge in [0.15, 0.2) is 6.29 Å². The summed E-state index contributed by atoms with van der Waals surface area (Å²) in [6, 6.07) is 0. The molecule has 0 aromatic carbocycles. The van der Waals surface area contributed by atoms with Crippen molar-refractivity contribution in [2.45, 2.75) is 144 Å². The predicted molar refractivity (Wildman–Crippen MR) is 164 cm³/mol. The van der Waals surface area contributed by atoms with Crippen LogP contribution in [0.25, 0.3) is 0 Å². The molecule has 1 N–H and O–H groups in total. The maximum Gasteiger partial charge on any atom is 0.306 e. The average molecular weight is 572 g/mol. The standard InChI is InChI=1S/C33H65NO6/c1-8-12-17-28(18-13-9-2)23-31(36)39-26-33(5,25-38-30(35)21-16-22-34(6)7)27-40-32(37)24-29(19-14-10-3)20-15-11-4/h28-30,35H,8-27H2,1-7H3. The van der Waals surface area contributed by atoms with Gasteiger partial charge in [-0.2, -0.15) is 0 Å². The number of carbonyl (C=O) groups excluding carboxylic acids is 2. The molecular formula is C33H65NO6. The second kappa shape index (κ2) is 24.4. The maximum absolute atomic E-state index is 12.8. The van der Waals surface area contributed by atoms with Crippen LogP contribution in [0.15, 0.2) is 0 Å². The molecule has 0 fully saturated rings. The van der Waals surface area contributed by atoms with Crippen molar-refractivity contribution in [2.75, 3.05) is 40.5 Å². The Kier molecular flexibility index (Phi) is 23.7. The Bertz CT molecular complexity index is 572. The minimum Gasteiger partial charge on any atom is -0.465 e. The third-order valence-corrected chi connectivity index (χ3v) is 7.62. The molecule has 0 saturated carbocycles. The summed E-state index contributed by atoms with van der Waals surface area (Å²) in [6.07, 6.45) is 14.4. The van der Waals surface area contributed by atoms with E-state index in [1.165, 1.54) is 0 Å². The monoisotopic (exact) mass is 571 g/mol. The molecule has 0 aromatic heterocycles. The van der Waals surface area contributed by atoms with Gasteiger partial charge in [0.1, 0.15) is 13.2 Å². The number of hydrogen-bond donors (Lipinski definition) is 1. The Labute approximate surface area is 247 Å². The number of rotatable bonds is 27. The van der Waals surface area contributed by atoms with E-state index in [9.17, 15) is 14.7 Å². The topological polar surface area (TPSA) is 85.3 Å². The fourth-order valence-corrected chi connectivity index (χ4v) is 4.85. The molecule has 0 saturated heterocycles. The second-order valence-electron chi connectivity index (χ2n) is 12.6. The highest BCUT2D eigenvalue weighted by molar-refractivity contribution is 5.70. The van der Waals surface area contributed by atoms with Crippen LogP contribution >= 0.6 is 0 Å². The summed E-state index contributed by atoms with van der Waals surface area (Å²) in [5.74, 6) is 0.268. The average Bonchev–Trinajstić information content (AvgIpc) is 2.92. The molecule has 0 spiro atoms. The molecule has 0 aromatic rings. The Morgan fingerprint density at radius 2 is 1.07 bits per heavy atom. The number of aliphatic hydroxyl groups is 1. The highest BCUT2D eigenvalue weighted by Crippen LogP contribution is 2.25. The van der Waals surface area contributed by atoms with Crippen molar-refractivity contribution in [3.05, 3.63) is 0 Å². The zero-order valence-electron chi connectivity index (χ0n) is 27.3. The van der Waals surface area contributed by atoms with Crippen LogP contribution < -0.4 is 0 Å². The van der Waals surface area contributed by atoms with Gasteiger partial charge in [0.2, 0.25) is 0 Å². The van der Waals surface area contributed by atoms with Crippen molar-refractivity contribution < 1.29 is 28.9 Å². The number of esters is 2. The van der Waals surface area contributed by atoms with Crippen LogP contribution in [-0.2, 0) is 23.8 Å². The van der Waals surface area contributed by atoms with Crippen LogP contribution in [0.2, 0.25) is 0 Å². The Hall–Kier alpha value is -1.18. The number of nitrogens with zero attached hydrogens (tertiary/aromatic N) is 1. The molecular weight excluding hydrogens is 506 g/mol. The lowest BCUT2D eigenvalue weighted by Gasteiger charge is -2.30. The summed E-state index contributed by atoms with van der Waals surface area (Å²) in [5, 5.41) is 10.4. The number of aliphatic hydroxyl groups excluding tert-OH is 1. The van der Waals surface area contributed by atoms with Gasteiger partial charge in [-0.3, -0.25) is 9.59 Å². The molecule has 0 aliphatic heterocycles. The summed E-state index contributed by atoms with van der Waals surface area (Å²) >= 11 is 0. The SMILES string of the molecule is CCCCC(CCCC)CC(=O)OCC(C)(COC(=O)CC(CCCC)CCCC)COC(O)CCCN(C)C. The third kappa shape index (κ3) is 21.6. The first-order chi connectivity index (χ1) is 19.1. The molecule has 0 amide bonds. The Morgan fingerprint density at radius 1 is 0.675 bits per heavy atom. The largest absolute Gasteiger partial charge is 0.465 e. The normalized spacial score (nSPS) is 12.9. The van der Waals surface area contributed by atoms with Crippen LogP contribution in [0.5, 0.6) is 0 Å². The van der Waals surface area contributed by atoms with Gasteiger partial charge in [-0.15, -0.1) is 0 Å². The number of unbranched alkanes of at least 4 members (excludes halogenated alkanes) is 4. The highest BCUT2D eigenvalue weighted by atomic mass is 16.6. The molecule has 1 unspecified atom stereocenters. The maximum atomic E-state index is 12.8. The van der Waals surface area contributed by atoms with E-state index in [1.54, 1.807) is 0 Å². The van der Waals surface area contributed by atoms with Crippen molar-refractivity contribution in [3.63, 3.8) is 0 Å². The van der Waals surface area contributed by atoms with Crippen LogP contribution in [0.4, 0.5) is 0 Å². The van der Waals surface area contributed by atoms with Gasteiger partial charge in [-0.1, -0.05) is 86.0 Å². The van der Waals surface area contributed by atoms with Crippen molar-refractivity contribution in [2.24, 2.45) is 17.3 Å². The summed E-state index contributed by atoms with van der Waals surface area (Å²) in [4.78, 5) is 27.7. The van der Waals surface area contributed by atoms with E-state index in [0.717, 1.165) is 90.0 Å². The molecule has 0 radical (unpaired) electrons. The summed E-state index contributed by atoms with van der Waals surface area (Å²) in [5.41, 5.74) is -0.738. The van der Waals surface area contributed by atoms with Gasteiger partial charge < -0.3 is 24.2 Å². The summed E-state index contributed by atoms with van der Waals surface area (Å²) < 4.78 is 17.3. The molecule has 7 heteroatoms. The molecule has 1 atom stereocenters. The molecule has 0 heterocycles. The van der Waals surface area contributed by atoms with Crippen LogP contribution in [-0.4, -0.2) is 68.7 Å². The smallest absolute Gasteiger partial charge is 0.306 e. The Balaban J connectivity index is 5.16. The first-order valence-corrected chi connectivity index (χ1v) is 16.3. The van der Waals surface area contributed by atoms with E-state index in [-0.39, 0.29) is 31.8 Å².